The summed E-state index contributed by atoms with van der Waals surface area (Å²) in [4.78, 5) is 0.276. The molecule has 0 amide bonds. The summed E-state index contributed by atoms with van der Waals surface area (Å²) in [6.07, 6.45) is 0.407. The van der Waals surface area contributed by atoms with Gasteiger partial charge in [-0.15, -0.1) is 0 Å². The Balaban J connectivity index is 1.64. The second kappa shape index (κ2) is 7.27. The predicted octanol–water partition coefficient (Wildman–Crippen LogP) is 3.51. The van der Waals surface area contributed by atoms with Gasteiger partial charge in [0.1, 0.15) is 12.4 Å². The minimum absolute atomic E-state index is 0.0404. The summed E-state index contributed by atoms with van der Waals surface area (Å²) >= 11 is 5.98. The molecule has 3 rings (SSSR count). The van der Waals surface area contributed by atoms with Crippen molar-refractivity contribution in [2.24, 2.45) is 0 Å². The standard InChI is InChI=1S/C17H16ClF2NO3S/c18-11-1-4-17-13(9-11)15(5-8-25(17,22)23)21-6-7-24-16-10-12(19)2-3-14(16)20/h1-4,9-10,15,21H,5-8H2. The van der Waals surface area contributed by atoms with Crippen LogP contribution in [0, 0.1) is 11.6 Å². The Labute approximate surface area is 149 Å². The second-order valence-electron chi connectivity index (χ2n) is 5.72. The van der Waals surface area contributed by atoms with Crippen molar-refractivity contribution >= 4 is 21.4 Å². The molecule has 25 heavy (non-hydrogen) atoms. The number of halogens is 3. The average Bonchev–Trinajstić information content (AvgIpc) is 2.56. The van der Waals surface area contributed by atoms with Gasteiger partial charge in [-0.25, -0.2) is 17.2 Å². The van der Waals surface area contributed by atoms with Crippen LogP contribution in [0.25, 0.3) is 0 Å². The first-order chi connectivity index (χ1) is 11.9. The van der Waals surface area contributed by atoms with Gasteiger partial charge in [0, 0.05) is 23.7 Å². The molecule has 1 heterocycles. The number of rotatable bonds is 5. The molecule has 1 N–H and O–H groups in total. The van der Waals surface area contributed by atoms with Gasteiger partial charge in [-0.3, -0.25) is 0 Å². The van der Waals surface area contributed by atoms with Gasteiger partial charge in [0.15, 0.2) is 21.4 Å². The van der Waals surface area contributed by atoms with E-state index in [1.165, 1.54) is 6.07 Å². The van der Waals surface area contributed by atoms with Crippen LogP contribution in [0.4, 0.5) is 8.78 Å². The highest BCUT2D eigenvalue weighted by molar-refractivity contribution is 7.91. The summed E-state index contributed by atoms with van der Waals surface area (Å²) in [6.45, 7) is 0.451. The number of sulfone groups is 1. The Morgan fingerprint density at radius 2 is 2.00 bits per heavy atom. The van der Waals surface area contributed by atoms with E-state index >= 15 is 0 Å². The SMILES string of the molecule is O=S1(=O)CCC(NCCOc2cc(F)ccc2F)c2cc(Cl)ccc21. The van der Waals surface area contributed by atoms with Crippen LogP contribution in [0.2, 0.25) is 5.02 Å². The normalized spacial score (nSPS) is 18.6. The predicted molar refractivity (Wildman–Crippen MR) is 90.7 cm³/mol. The van der Waals surface area contributed by atoms with Crippen LogP contribution < -0.4 is 10.1 Å². The van der Waals surface area contributed by atoms with Crippen LogP contribution in [0.1, 0.15) is 18.0 Å². The van der Waals surface area contributed by atoms with E-state index in [0.29, 0.717) is 23.6 Å². The number of ether oxygens (including phenoxy) is 1. The largest absolute Gasteiger partial charge is 0.489 e. The monoisotopic (exact) mass is 387 g/mol. The van der Waals surface area contributed by atoms with E-state index < -0.39 is 21.5 Å². The lowest BCUT2D eigenvalue weighted by Gasteiger charge is -2.26. The lowest BCUT2D eigenvalue weighted by atomic mass is 10.0. The maximum Gasteiger partial charge on any atom is 0.178 e. The molecular weight excluding hydrogens is 372 g/mol. The summed E-state index contributed by atoms with van der Waals surface area (Å²) in [5.41, 5.74) is 0.621. The third-order valence-corrected chi connectivity index (χ3v) is 6.05. The third-order valence-electron chi connectivity index (χ3n) is 4.00. The van der Waals surface area contributed by atoms with Gasteiger partial charge in [0.05, 0.1) is 10.6 Å². The first-order valence-corrected chi connectivity index (χ1v) is 9.73. The molecule has 1 atom stereocenters. The van der Waals surface area contributed by atoms with Crippen LogP contribution >= 0.6 is 11.6 Å². The van der Waals surface area contributed by atoms with Crippen molar-refractivity contribution in [3.05, 3.63) is 58.6 Å². The van der Waals surface area contributed by atoms with Gasteiger partial charge >= 0.3 is 0 Å². The van der Waals surface area contributed by atoms with Crippen molar-refractivity contribution < 1.29 is 21.9 Å². The highest BCUT2D eigenvalue weighted by atomic mass is 35.5. The van der Waals surface area contributed by atoms with Gasteiger partial charge in [-0.1, -0.05) is 11.6 Å². The maximum atomic E-state index is 13.5. The minimum Gasteiger partial charge on any atom is -0.489 e. The quantitative estimate of drug-likeness (QED) is 0.798. The minimum atomic E-state index is -3.30. The molecule has 0 bridgehead atoms. The lowest BCUT2D eigenvalue weighted by molar-refractivity contribution is 0.288. The third kappa shape index (κ3) is 4.11. The fourth-order valence-corrected chi connectivity index (χ4v) is 4.59. The van der Waals surface area contributed by atoms with Gasteiger partial charge in [0.25, 0.3) is 0 Å². The maximum absolute atomic E-state index is 13.5. The van der Waals surface area contributed by atoms with Crippen molar-refractivity contribution in [3.8, 4) is 5.75 Å². The highest BCUT2D eigenvalue weighted by Crippen LogP contribution is 2.33. The van der Waals surface area contributed by atoms with E-state index in [2.05, 4.69) is 5.32 Å². The highest BCUT2D eigenvalue weighted by Gasteiger charge is 2.30. The van der Waals surface area contributed by atoms with Crippen molar-refractivity contribution in [1.82, 2.24) is 5.32 Å². The molecule has 2 aromatic rings. The summed E-state index contributed by atoms with van der Waals surface area (Å²) in [5, 5.41) is 3.64. The van der Waals surface area contributed by atoms with Crippen molar-refractivity contribution in [3.63, 3.8) is 0 Å². The molecule has 0 radical (unpaired) electrons. The molecule has 0 aliphatic carbocycles. The van der Waals surface area contributed by atoms with Gasteiger partial charge < -0.3 is 10.1 Å². The molecule has 0 saturated heterocycles. The summed E-state index contributed by atoms with van der Waals surface area (Å²) in [6, 6.07) is 7.51. The van der Waals surface area contributed by atoms with Crippen LogP contribution in [0.15, 0.2) is 41.3 Å². The Hall–Kier alpha value is -1.70. The Morgan fingerprint density at radius 1 is 1.20 bits per heavy atom. The number of hydrogen-bond acceptors (Lipinski definition) is 4. The zero-order chi connectivity index (χ0) is 18.0. The average molecular weight is 388 g/mol. The molecule has 0 aromatic heterocycles. The van der Waals surface area contributed by atoms with E-state index in [1.54, 1.807) is 12.1 Å². The second-order valence-corrected chi connectivity index (χ2v) is 8.23. The molecule has 4 nitrogen and oxygen atoms in total. The van der Waals surface area contributed by atoms with E-state index in [4.69, 9.17) is 16.3 Å². The number of hydrogen-bond donors (Lipinski definition) is 1. The van der Waals surface area contributed by atoms with Crippen LogP contribution in [0.5, 0.6) is 5.75 Å². The van der Waals surface area contributed by atoms with Crippen LogP contribution in [0.3, 0.4) is 0 Å². The van der Waals surface area contributed by atoms with Crippen LogP contribution in [-0.4, -0.2) is 27.3 Å². The summed E-state index contributed by atoms with van der Waals surface area (Å²) in [5.74, 6) is -1.33. The first kappa shape index (κ1) is 18.1. The molecule has 0 fully saturated rings. The zero-order valence-electron chi connectivity index (χ0n) is 13.1. The molecule has 8 heteroatoms. The topological polar surface area (TPSA) is 55.4 Å². The number of fused-ring (bicyclic) bond motifs is 1. The zero-order valence-corrected chi connectivity index (χ0v) is 14.7. The van der Waals surface area contributed by atoms with Crippen molar-refractivity contribution in [1.29, 1.82) is 0 Å². The molecule has 1 unspecified atom stereocenters. The van der Waals surface area contributed by atoms with Crippen LogP contribution in [-0.2, 0) is 9.84 Å². The smallest absolute Gasteiger partial charge is 0.178 e. The molecule has 1 aliphatic heterocycles. The van der Waals surface area contributed by atoms with Gasteiger partial charge in [0.2, 0.25) is 0 Å². The number of benzene rings is 2. The molecule has 0 saturated carbocycles. The van der Waals surface area contributed by atoms with Crippen molar-refractivity contribution in [2.45, 2.75) is 17.4 Å². The molecule has 1 aliphatic rings. The van der Waals surface area contributed by atoms with E-state index in [9.17, 15) is 17.2 Å². The van der Waals surface area contributed by atoms with Crippen molar-refractivity contribution in [2.75, 3.05) is 18.9 Å². The summed E-state index contributed by atoms with van der Waals surface area (Å²) < 4.78 is 56.1. The summed E-state index contributed by atoms with van der Waals surface area (Å²) in [7, 11) is -3.30. The van der Waals surface area contributed by atoms with E-state index in [-0.39, 0.29) is 29.0 Å². The van der Waals surface area contributed by atoms with E-state index in [1.807, 2.05) is 0 Å². The molecule has 2 aromatic carbocycles. The lowest BCUT2D eigenvalue weighted by Crippen LogP contribution is -2.32. The molecule has 0 spiro atoms. The Kier molecular flexibility index (Phi) is 5.27. The molecular formula is C17H16ClF2NO3S. The fourth-order valence-electron chi connectivity index (χ4n) is 2.81. The number of nitrogens with one attached hydrogen (secondary N) is 1. The first-order valence-electron chi connectivity index (χ1n) is 7.70. The Morgan fingerprint density at radius 3 is 2.80 bits per heavy atom. The van der Waals surface area contributed by atoms with Gasteiger partial charge in [-0.2, -0.15) is 0 Å². The Bertz CT molecular complexity index is 889. The van der Waals surface area contributed by atoms with Gasteiger partial charge in [-0.05, 0) is 42.3 Å². The van der Waals surface area contributed by atoms with E-state index in [0.717, 1.165) is 18.2 Å². The molecule has 134 valence electrons. The fraction of sp³-hybridized carbons (Fsp3) is 0.294.